The van der Waals surface area contributed by atoms with E-state index >= 15 is 0 Å². The van der Waals surface area contributed by atoms with Crippen molar-refractivity contribution in [2.45, 2.75) is 20.3 Å². The third-order valence-corrected chi connectivity index (χ3v) is 7.27. The third kappa shape index (κ3) is 3.94. The molecule has 4 heterocycles. The number of ether oxygens (including phenoxy) is 1. The summed E-state index contributed by atoms with van der Waals surface area (Å²) in [4.78, 5) is 18.2. The van der Waals surface area contributed by atoms with Crippen LogP contribution in [0, 0.1) is 19.3 Å². The number of thiophene rings is 1. The van der Waals surface area contributed by atoms with Gasteiger partial charge >= 0.3 is 0 Å². The monoisotopic (exact) mass is 475 g/mol. The van der Waals surface area contributed by atoms with Crippen LogP contribution >= 0.6 is 23.1 Å². The van der Waals surface area contributed by atoms with Gasteiger partial charge in [0.05, 0.1) is 12.7 Å². The van der Waals surface area contributed by atoms with Crippen molar-refractivity contribution in [1.82, 2.24) is 9.58 Å². The summed E-state index contributed by atoms with van der Waals surface area (Å²) in [5.74, 6) is 0.399. The van der Waals surface area contributed by atoms with E-state index in [1.807, 2.05) is 61.7 Å². The van der Waals surface area contributed by atoms with E-state index in [9.17, 15) is 4.79 Å². The van der Waals surface area contributed by atoms with Crippen molar-refractivity contribution in [2.75, 3.05) is 7.11 Å². The molecule has 0 radical (unpaired) electrons. The number of benzene rings is 1. The number of aromatic nitrogens is 1. The fourth-order valence-corrected chi connectivity index (χ4v) is 5.61. The minimum Gasteiger partial charge on any atom is -0.497 e. The van der Waals surface area contributed by atoms with Crippen molar-refractivity contribution in [1.29, 1.82) is 5.41 Å². The molecule has 0 fully saturated rings. The van der Waals surface area contributed by atoms with Crippen LogP contribution < -0.4 is 4.74 Å². The van der Waals surface area contributed by atoms with Crippen LogP contribution in [0.5, 0.6) is 5.75 Å². The lowest BCUT2D eigenvalue weighted by molar-refractivity contribution is -0.114. The molecule has 1 aromatic carbocycles. The number of methoxy groups -OCH3 is 1. The van der Waals surface area contributed by atoms with Gasteiger partial charge in [-0.15, -0.1) is 11.3 Å². The van der Waals surface area contributed by atoms with E-state index in [0.29, 0.717) is 11.6 Å². The first-order valence-electron chi connectivity index (χ1n) is 10.3. The van der Waals surface area contributed by atoms with Gasteiger partial charge in [0.1, 0.15) is 10.8 Å². The van der Waals surface area contributed by atoms with Crippen LogP contribution in [-0.4, -0.2) is 38.6 Å². The van der Waals surface area contributed by atoms with Crippen LogP contribution in [0.15, 0.2) is 63.5 Å². The molecule has 0 spiro atoms. The number of carbonyl (C=O) groups excluding carboxylic acids is 1. The molecule has 33 heavy (non-hydrogen) atoms. The predicted molar refractivity (Wildman–Crippen MR) is 135 cm³/mol. The second-order valence-electron chi connectivity index (χ2n) is 7.63. The molecule has 166 valence electrons. The number of aryl methyl sites for hydroxylation is 1. The summed E-state index contributed by atoms with van der Waals surface area (Å²) in [5.41, 5.74) is 4.03. The molecule has 0 bridgehead atoms. The molecule has 1 N–H and O–H groups in total. The molecule has 2 aromatic heterocycles. The van der Waals surface area contributed by atoms with Crippen molar-refractivity contribution in [3.8, 4) is 11.4 Å². The highest BCUT2D eigenvalue weighted by Crippen LogP contribution is 2.31. The summed E-state index contributed by atoms with van der Waals surface area (Å²) in [6.45, 7) is 4.00. The summed E-state index contributed by atoms with van der Waals surface area (Å²) in [6, 6.07) is 13.9. The first-order valence-corrected chi connectivity index (χ1v) is 12.0. The molecule has 9 heteroatoms. The highest BCUT2D eigenvalue weighted by atomic mass is 32.2. The number of nitrogens with one attached hydrogen (secondary N) is 1. The number of nitrogens with zero attached hydrogens (tertiary/aromatic N) is 4. The third-order valence-electron chi connectivity index (χ3n) is 5.48. The van der Waals surface area contributed by atoms with Crippen molar-refractivity contribution >= 4 is 51.1 Å². The summed E-state index contributed by atoms with van der Waals surface area (Å²) in [6.07, 6.45) is 2.40. The summed E-state index contributed by atoms with van der Waals surface area (Å²) >= 11 is 3.00. The standard InChI is InChI=1S/C24H21N5O2S2/c1-14-10-16(15(2)28(14)17-6-4-7-18(12-17)31-3)11-20-22(25)29-24(26-23(20)30)33-21(27-29)13-19-8-5-9-32-19/h4-12,25H,13H2,1-3H3/b20-11+,25-22?. The molecule has 0 saturated carbocycles. The molecule has 2 aliphatic rings. The van der Waals surface area contributed by atoms with Crippen LogP contribution in [0.3, 0.4) is 0 Å². The zero-order valence-electron chi connectivity index (χ0n) is 18.3. The molecule has 0 unspecified atom stereocenters. The van der Waals surface area contributed by atoms with Gasteiger partial charge in [0, 0.05) is 34.4 Å². The van der Waals surface area contributed by atoms with E-state index in [1.54, 1.807) is 24.5 Å². The molecule has 3 aromatic rings. The molecule has 5 rings (SSSR count). The maximum Gasteiger partial charge on any atom is 0.283 e. The van der Waals surface area contributed by atoms with E-state index in [2.05, 4.69) is 14.7 Å². The van der Waals surface area contributed by atoms with E-state index in [1.165, 1.54) is 21.6 Å². The van der Waals surface area contributed by atoms with Gasteiger partial charge in [-0.2, -0.15) is 15.1 Å². The van der Waals surface area contributed by atoms with E-state index in [4.69, 9.17) is 10.1 Å². The lowest BCUT2D eigenvalue weighted by atomic mass is 10.1. The smallest absolute Gasteiger partial charge is 0.283 e. The molecule has 2 aliphatic heterocycles. The highest BCUT2D eigenvalue weighted by Gasteiger charge is 2.35. The Morgan fingerprint density at radius 1 is 1.18 bits per heavy atom. The van der Waals surface area contributed by atoms with Crippen molar-refractivity contribution < 1.29 is 9.53 Å². The quantitative estimate of drug-likeness (QED) is 0.525. The fraction of sp³-hybridized carbons (Fsp3) is 0.167. The molecular weight excluding hydrogens is 454 g/mol. The molecule has 0 aliphatic carbocycles. The first kappa shape index (κ1) is 21.4. The second kappa shape index (κ2) is 8.49. The minimum atomic E-state index is -0.419. The molecule has 1 amide bonds. The molecule has 7 nitrogen and oxygen atoms in total. The Balaban J connectivity index is 1.47. The first-order chi connectivity index (χ1) is 15.9. The predicted octanol–water partition coefficient (Wildman–Crippen LogP) is 5.03. The normalized spacial score (nSPS) is 16.8. The minimum absolute atomic E-state index is 0.0462. The van der Waals surface area contributed by atoms with Crippen LogP contribution in [0.25, 0.3) is 11.8 Å². The average Bonchev–Trinajstić information content (AvgIpc) is 3.51. The van der Waals surface area contributed by atoms with Gasteiger partial charge in [-0.1, -0.05) is 12.1 Å². The molecule has 0 saturated heterocycles. The maximum absolute atomic E-state index is 12.8. The number of fused-ring (bicyclic) bond motifs is 1. The zero-order chi connectivity index (χ0) is 23.1. The van der Waals surface area contributed by atoms with Crippen LogP contribution in [0.2, 0.25) is 0 Å². The van der Waals surface area contributed by atoms with E-state index < -0.39 is 5.91 Å². The van der Waals surface area contributed by atoms with Crippen LogP contribution in [-0.2, 0) is 11.2 Å². The summed E-state index contributed by atoms with van der Waals surface area (Å²) < 4.78 is 7.46. The van der Waals surface area contributed by atoms with Crippen LogP contribution in [0.4, 0.5) is 0 Å². The lowest BCUT2D eigenvalue weighted by Gasteiger charge is -2.20. The fourth-order valence-electron chi connectivity index (χ4n) is 3.90. The number of carbonyl (C=O) groups is 1. The van der Waals surface area contributed by atoms with Crippen molar-refractivity contribution in [3.05, 3.63) is 75.2 Å². The Bertz CT molecular complexity index is 1370. The largest absolute Gasteiger partial charge is 0.497 e. The number of hydrazone groups is 1. The molecule has 0 atom stereocenters. The number of thioether (sulfide) groups is 1. The van der Waals surface area contributed by atoms with Gasteiger partial charge in [-0.3, -0.25) is 10.2 Å². The maximum atomic E-state index is 12.8. The average molecular weight is 476 g/mol. The van der Waals surface area contributed by atoms with E-state index in [0.717, 1.165) is 33.4 Å². The van der Waals surface area contributed by atoms with Gasteiger partial charge in [0.2, 0.25) is 5.17 Å². The van der Waals surface area contributed by atoms with Gasteiger partial charge < -0.3 is 9.30 Å². The van der Waals surface area contributed by atoms with Gasteiger partial charge in [-0.25, -0.2) is 0 Å². The summed E-state index contributed by atoms with van der Waals surface area (Å²) in [5, 5.41) is 18.0. The Morgan fingerprint density at radius 2 is 2.03 bits per heavy atom. The van der Waals surface area contributed by atoms with Crippen molar-refractivity contribution in [2.24, 2.45) is 10.1 Å². The second-order valence-corrected chi connectivity index (χ2v) is 9.71. The number of aliphatic imine (C=N–C) groups is 1. The topological polar surface area (TPSA) is 83.0 Å². The van der Waals surface area contributed by atoms with E-state index in [-0.39, 0.29) is 11.4 Å². The number of hydrogen-bond acceptors (Lipinski definition) is 6. The van der Waals surface area contributed by atoms with Crippen LogP contribution in [0.1, 0.15) is 21.8 Å². The Morgan fingerprint density at radius 3 is 2.79 bits per heavy atom. The van der Waals surface area contributed by atoms with Crippen molar-refractivity contribution in [3.63, 3.8) is 0 Å². The van der Waals surface area contributed by atoms with Gasteiger partial charge in [0.15, 0.2) is 5.84 Å². The summed E-state index contributed by atoms with van der Waals surface area (Å²) in [7, 11) is 1.64. The number of amides is 1. The lowest BCUT2D eigenvalue weighted by Crippen LogP contribution is -2.35. The van der Waals surface area contributed by atoms with Gasteiger partial charge in [-0.05, 0) is 66.9 Å². The SMILES string of the molecule is COc1cccc(-n2c(C)cc(/C=C3\C(=N)N4N=C(Cc5cccs5)SC4=NC3=O)c2C)c1. The number of rotatable bonds is 5. The number of amidine groups is 2. The molecular formula is C24H21N5O2S2. The Hall–Kier alpha value is -3.43. The number of hydrogen-bond donors (Lipinski definition) is 1. The Labute approximate surface area is 199 Å². The highest BCUT2D eigenvalue weighted by molar-refractivity contribution is 8.27. The van der Waals surface area contributed by atoms with Gasteiger partial charge in [0.25, 0.3) is 5.91 Å². The Kier molecular flexibility index (Phi) is 5.51. The zero-order valence-corrected chi connectivity index (χ0v) is 20.0.